The number of amides is 1. The number of nitrogens with zero attached hydrogens (tertiary/aromatic N) is 4. The Bertz CT molecular complexity index is 1010. The van der Waals surface area contributed by atoms with Gasteiger partial charge in [-0.05, 0) is 47.0 Å². The maximum Gasteiger partial charge on any atom is 0.247 e. The standard InChI is InChI=1S/C18H15IN4O3S/c1-3-14(24)23-11-7-5-4-6-10(11)15-16(20-18(27-2)22-21-15)26-17(23)12-8-9-13(19)25-12/h4-9,17H,3H2,1-2H3/t17-/m1/s1. The van der Waals surface area contributed by atoms with E-state index in [4.69, 9.17) is 9.15 Å². The Morgan fingerprint density at radius 1 is 1.26 bits per heavy atom. The number of carbonyl (C=O) groups excluding carboxylic acids is 1. The van der Waals surface area contributed by atoms with Gasteiger partial charge in [0, 0.05) is 12.0 Å². The van der Waals surface area contributed by atoms with Crippen molar-refractivity contribution in [1.29, 1.82) is 0 Å². The number of furan rings is 1. The molecular weight excluding hydrogens is 479 g/mol. The van der Waals surface area contributed by atoms with Gasteiger partial charge in [-0.25, -0.2) is 0 Å². The Kier molecular flexibility index (Phi) is 5.04. The Labute approximate surface area is 173 Å². The van der Waals surface area contributed by atoms with E-state index < -0.39 is 6.23 Å². The summed E-state index contributed by atoms with van der Waals surface area (Å²) in [4.78, 5) is 19.0. The molecule has 3 aromatic rings. The number of para-hydroxylation sites is 1. The fourth-order valence-electron chi connectivity index (χ4n) is 2.89. The normalized spacial score (nSPS) is 15.5. The SMILES string of the molecule is CCC(=O)N1c2ccccc2-c2nnc(SC)nc2O[C@@H]1c1ccc(I)o1. The van der Waals surface area contributed by atoms with Crippen LogP contribution in [-0.4, -0.2) is 27.3 Å². The van der Waals surface area contributed by atoms with Gasteiger partial charge in [-0.3, -0.25) is 9.69 Å². The van der Waals surface area contributed by atoms with Crippen LogP contribution in [0.5, 0.6) is 5.88 Å². The molecule has 0 spiro atoms. The van der Waals surface area contributed by atoms with Crippen LogP contribution < -0.4 is 9.64 Å². The van der Waals surface area contributed by atoms with Gasteiger partial charge < -0.3 is 9.15 Å². The fourth-order valence-corrected chi connectivity index (χ4v) is 3.62. The summed E-state index contributed by atoms with van der Waals surface area (Å²) in [7, 11) is 0. The number of hydrogen-bond acceptors (Lipinski definition) is 7. The van der Waals surface area contributed by atoms with Crippen LogP contribution in [0.3, 0.4) is 0 Å². The second-order valence-electron chi connectivity index (χ2n) is 5.70. The molecular formula is C18H15IN4O3S. The average Bonchev–Trinajstić information content (AvgIpc) is 3.07. The lowest BCUT2D eigenvalue weighted by Gasteiger charge is -2.28. The van der Waals surface area contributed by atoms with Crippen molar-refractivity contribution in [2.75, 3.05) is 11.2 Å². The van der Waals surface area contributed by atoms with Crippen LogP contribution in [0.15, 0.2) is 46.0 Å². The number of rotatable bonds is 3. The Morgan fingerprint density at radius 3 is 2.78 bits per heavy atom. The van der Waals surface area contributed by atoms with Gasteiger partial charge in [0.2, 0.25) is 23.2 Å². The number of halogens is 1. The molecule has 7 nitrogen and oxygen atoms in total. The molecule has 0 saturated heterocycles. The summed E-state index contributed by atoms with van der Waals surface area (Å²) in [5.41, 5.74) is 1.93. The lowest BCUT2D eigenvalue weighted by molar-refractivity contribution is -0.120. The van der Waals surface area contributed by atoms with Gasteiger partial charge in [0.1, 0.15) is 0 Å². The Balaban J connectivity index is 1.97. The van der Waals surface area contributed by atoms with Gasteiger partial charge in [0.15, 0.2) is 15.2 Å². The van der Waals surface area contributed by atoms with Gasteiger partial charge in [-0.2, -0.15) is 4.98 Å². The van der Waals surface area contributed by atoms with E-state index in [-0.39, 0.29) is 5.91 Å². The van der Waals surface area contributed by atoms with Crippen molar-refractivity contribution in [3.05, 3.63) is 45.9 Å². The average molecular weight is 494 g/mol. The van der Waals surface area contributed by atoms with E-state index in [1.807, 2.05) is 43.5 Å². The molecule has 1 aliphatic rings. The number of hydrogen-bond donors (Lipinski definition) is 0. The molecule has 138 valence electrons. The minimum absolute atomic E-state index is 0.0929. The van der Waals surface area contributed by atoms with Crippen molar-refractivity contribution in [2.24, 2.45) is 0 Å². The maximum atomic E-state index is 12.9. The molecule has 0 bridgehead atoms. The highest BCUT2D eigenvalue weighted by Gasteiger charge is 2.36. The first-order valence-electron chi connectivity index (χ1n) is 8.24. The van der Waals surface area contributed by atoms with Crippen molar-refractivity contribution in [3.63, 3.8) is 0 Å². The molecule has 1 aliphatic heterocycles. The molecule has 0 unspecified atom stereocenters. The summed E-state index contributed by atoms with van der Waals surface area (Å²) in [6.07, 6.45) is 1.40. The van der Waals surface area contributed by atoms with Crippen LogP contribution in [0.25, 0.3) is 11.3 Å². The van der Waals surface area contributed by atoms with Crippen molar-refractivity contribution in [1.82, 2.24) is 15.2 Å². The molecule has 9 heteroatoms. The monoisotopic (exact) mass is 494 g/mol. The molecule has 2 aromatic heterocycles. The first kappa shape index (κ1) is 18.2. The fraction of sp³-hybridized carbons (Fsp3) is 0.222. The molecule has 3 heterocycles. The summed E-state index contributed by atoms with van der Waals surface area (Å²) in [5, 5.41) is 8.95. The number of carbonyl (C=O) groups is 1. The van der Waals surface area contributed by atoms with Crippen molar-refractivity contribution in [3.8, 4) is 17.1 Å². The number of aromatic nitrogens is 3. The molecule has 0 N–H and O–H groups in total. The topological polar surface area (TPSA) is 81.4 Å². The molecule has 4 rings (SSSR count). The predicted molar refractivity (Wildman–Crippen MR) is 110 cm³/mol. The van der Waals surface area contributed by atoms with E-state index in [2.05, 4.69) is 37.8 Å². The summed E-state index contributed by atoms with van der Waals surface area (Å²) < 4.78 is 12.7. The van der Waals surface area contributed by atoms with Gasteiger partial charge in [0.25, 0.3) is 0 Å². The van der Waals surface area contributed by atoms with Crippen molar-refractivity contribution >= 4 is 45.9 Å². The first-order chi connectivity index (χ1) is 13.1. The molecule has 1 amide bonds. The van der Waals surface area contributed by atoms with Gasteiger partial charge >= 0.3 is 0 Å². The minimum Gasteiger partial charge on any atom is -0.449 e. The van der Waals surface area contributed by atoms with E-state index in [9.17, 15) is 4.79 Å². The molecule has 1 atom stereocenters. The van der Waals surface area contributed by atoms with Gasteiger partial charge in [0.05, 0.1) is 5.69 Å². The number of benzene rings is 1. The zero-order valence-electron chi connectivity index (χ0n) is 14.5. The van der Waals surface area contributed by atoms with Crippen LogP contribution >= 0.6 is 34.4 Å². The van der Waals surface area contributed by atoms with E-state index in [1.54, 1.807) is 11.0 Å². The van der Waals surface area contributed by atoms with E-state index in [0.29, 0.717) is 38.4 Å². The summed E-state index contributed by atoms with van der Waals surface area (Å²) in [6, 6.07) is 11.2. The summed E-state index contributed by atoms with van der Waals surface area (Å²) in [5.74, 6) is 0.752. The lowest BCUT2D eigenvalue weighted by atomic mass is 10.1. The number of anilines is 1. The smallest absolute Gasteiger partial charge is 0.247 e. The number of thioether (sulfide) groups is 1. The second-order valence-corrected chi connectivity index (χ2v) is 7.54. The van der Waals surface area contributed by atoms with E-state index in [0.717, 1.165) is 5.56 Å². The quantitative estimate of drug-likeness (QED) is 0.397. The van der Waals surface area contributed by atoms with E-state index >= 15 is 0 Å². The summed E-state index contributed by atoms with van der Waals surface area (Å²) in [6.45, 7) is 1.82. The van der Waals surface area contributed by atoms with Crippen molar-refractivity contribution in [2.45, 2.75) is 24.7 Å². The minimum atomic E-state index is -0.783. The highest BCUT2D eigenvalue weighted by molar-refractivity contribution is 14.1. The third kappa shape index (κ3) is 3.29. The Hall–Kier alpha value is -2.14. The molecule has 0 saturated carbocycles. The predicted octanol–water partition coefficient (Wildman–Crippen LogP) is 4.29. The molecule has 0 aliphatic carbocycles. The third-order valence-electron chi connectivity index (χ3n) is 4.10. The van der Waals surface area contributed by atoms with Gasteiger partial charge in [-0.1, -0.05) is 36.9 Å². The Morgan fingerprint density at radius 2 is 2.07 bits per heavy atom. The largest absolute Gasteiger partial charge is 0.449 e. The highest BCUT2D eigenvalue weighted by Crippen LogP contribution is 2.43. The van der Waals surface area contributed by atoms with Crippen molar-refractivity contribution < 1.29 is 13.9 Å². The van der Waals surface area contributed by atoms with Crippen LogP contribution in [0.1, 0.15) is 25.3 Å². The zero-order valence-corrected chi connectivity index (χ0v) is 17.5. The molecule has 27 heavy (non-hydrogen) atoms. The number of ether oxygens (including phenoxy) is 1. The highest BCUT2D eigenvalue weighted by atomic mass is 127. The second kappa shape index (κ2) is 7.47. The third-order valence-corrected chi connectivity index (χ3v) is 5.22. The van der Waals surface area contributed by atoms with Crippen LogP contribution in [0.2, 0.25) is 0 Å². The molecule has 1 aromatic carbocycles. The lowest BCUT2D eigenvalue weighted by Crippen LogP contribution is -2.37. The van der Waals surface area contributed by atoms with Crippen LogP contribution in [-0.2, 0) is 4.79 Å². The van der Waals surface area contributed by atoms with Gasteiger partial charge in [-0.15, -0.1) is 10.2 Å². The maximum absolute atomic E-state index is 12.9. The number of fused-ring (bicyclic) bond motifs is 3. The van der Waals surface area contributed by atoms with Crippen LogP contribution in [0, 0.1) is 3.77 Å². The first-order valence-corrected chi connectivity index (χ1v) is 10.5. The summed E-state index contributed by atoms with van der Waals surface area (Å²) >= 11 is 3.46. The molecule has 0 radical (unpaired) electrons. The molecule has 0 fully saturated rings. The zero-order chi connectivity index (χ0) is 19.0. The van der Waals surface area contributed by atoms with Crippen LogP contribution in [0.4, 0.5) is 5.69 Å². The van der Waals surface area contributed by atoms with E-state index in [1.165, 1.54) is 11.8 Å².